The number of benzene rings is 1. The molecule has 3 rings (SSSR count). The molecule has 0 fully saturated rings. The minimum absolute atomic E-state index is 0.0552. The van der Waals surface area contributed by atoms with Crippen LogP contribution in [0.4, 0.5) is 13.2 Å². The standard InChI is InChI=1S/C16H14F3N3/c1-9-5-4-6-12(7-9)22-15-14(11(3)21-22)13(16(17,18)19)8-10(2)20-15/h4-8H,1-3H3. The summed E-state index contributed by atoms with van der Waals surface area (Å²) >= 11 is 0. The molecule has 0 N–H and O–H groups in total. The van der Waals surface area contributed by atoms with Gasteiger partial charge in [0.1, 0.15) is 0 Å². The zero-order valence-electron chi connectivity index (χ0n) is 12.4. The fourth-order valence-corrected chi connectivity index (χ4v) is 2.58. The highest BCUT2D eigenvalue weighted by molar-refractivity contribution is 5.84. The van der Waals surface area contributed by atoms with Gasteiger partial charge in [0.2, 0.25) is 0 Å². The molecule has 0 bridgehead atoms. The average molecular weight is 305 g/mol. The Bertz CT molecular complexity index is 863. The second-order valence-electron chi connectivity index (χ2n) is 5.34. The summed E-state index contributed by atoms with van der Waals surface area (Å²) in [4.78, 5) is 4.28. The first-order valence-corrected chi connectivity index (χ1v) is 6.78. The second-order valence-corrected chi connectivity index (χ2v) is 5.34. The van der Waals surface area contributed by atoms with Crippen molar-refractivity contribution in [1.82, 2.24) is 14.8 Å². The van der Waals surface area contributed by atoms with Gasteiger partial charge in [-0.3, -0.25) is 0 Å². The molecule has 0 spiro atoms. The molecule has 0 saturated heterocycles. The number of pyridine rings is 1. The van der Waals surface area contributed by atoms with Gasteiger partial charge < -0.3 is 0 Å². The number of aromatic nitrogens is 3. The van der Waals surface area contributed by atoms with Crippen LogP contribution in [0.25, 0.3) is 16.7 Å². The molecule has 0 atom stereocenters. The SMILES string of the molecule is Cc1cccc(-n2nc(C)c3c(C(F)(F)F)cc(C)nc32)c1. The molecule has 2 aromatic heterocycles. The number of alkyl halides is 3. The summed E-state index contributed by atoms with van der Waals surface area (Å²) in [5.74, 6) is 0. The van der Waals surface area contributed by atoms with Crippen LogP contribution in [0.3, 0.4) is 0 Å². The molecule has 1 aromatic carbocycles. The molecule has 22 heavy (non-hydrogen) atoms. The molecular formula is C16H14F3N3. The highest BCUT2D eigenvalue weighted by atomic mass is 19.4. The Labute approximate surface area is 125 Å². The number of halogens is 3. The Kier molecular flexibility index (Phi) is 3.20. The topological polar surface area (TPSA) is 30.7 Å². The molecule has 3 aromatic rings. The molecule has 0 aliphatic heterocycles. The van der Waals surface area contributed by atoms with E-state index in [1.807, 2.05) is 25.1 Å². The first-order valence-electron chi connectivity index (χ1n) is 6.78. The first kappa shape index (κ1) is 14.6. The number of rotatable bonds is 1. The van der Waals surface area contributed by atoms with Crippen molar-refractivity contribution in [2.75, 3.05) is 0 Å². The third-order valence-electron chi connectivity index (χ3n) is 3.49. The summed E-state index contributed by atoms with van der Waals surface area (Å²) < 4.78 is 41.3. The lowest BCUT2D eigenvalue weighted by molar-refractivity contribution is -0.136. The molecule has 0 saturated carbocycles. The summed E-state index contributed by atoms with van der Waals surface area (Å²) in [6, 6.07) is 8.49. The fourth-order valence-electron chi connectivity index (χ4n) is 2.58. The molecule has 0 aliphatic carbocycles. The smallest absolute Gasteiger partial charge is 0.233 e. The normalized spacial score (nSPS) is 12.1. The number of fused-ring (bicyclic) bond motifs is 1. The molecule has 114 valence electrons. The van der Waals surface area contributed by atoms with E-state index in [4.69, 9.17) is 0 Å². The minimum Gasteiger partial charge on any atom is -0.233 e. The lowest BCUT2D eigenvalue weighted by atomic mass is 10.1. The molecule has 6 heteroatoms. The average Bonchev–Trinajstić information content (AvgIpc) is 2.74. The van der Waals surface area contributed by atoms with E-state index in [9.17, 15) is 13.2 Å². The van der Waals surface area contributed by atoms with Crippen molar-refractivity contribution in [2.45, 2.75) is 26.9 Å². The third-order valence-corrected chi connectivity index (χ3v) is 3.49. The maximum atomic E-state index is 13.3. The third kappa shape index (κ3) is 2.34. The number of hydrogen-bond donors (Lipinski definition) is 0. The molecule has 0 radical (unpaired) electrons. The van der Waals surface area contributed by atoms with E-state index >= 15 is 0 Å². The second kappa shape index (κ2) is 4.83. The van der Waals surface area contributed by atoms with E-state index in [0.29, 0.717) is 17.1 Å². The van der Waals surface area contributed by atoms with Crippen LogP contribution >= 0.6 is 0 Å². The van der Waals surface area contributed by atoms with Crippen molar-refractivity contribution in [2.24, 2.45) is 0 Å². The molecule has 2 heterocycles. The van der Waals surface area contributed by atoms with Crippen molar-refractivity contribution < 1.29 is 13.2 Å². The van der Waals surface area contributed by atoms with E-state index in [-0.39, 0.29) is 11.0 Å². The van der Waals surface area contributed by atoms with Gasteiger partial charge in [-0.1, -0.05) is 12.1 Å². The van der Waals surface area contributed by atoms with Gasteiger partial charge in [-0.15, -0.1) is 0 Å². The van der Waals surface area contributed by atoms with Crippen LogP contribution < -0.4 is 0 Å². The minimum atomic E-state index is -4.43. The molecular weight excluding hydrogens is 291 g/mol. The van der Waals surface area contributed by atoms with Crippen molar-refractivity contribution in [3.8, 4) is 5.69 Å². The van der Waals surface area contributed by atoms with Gasteiger partial charge in [0.05, 0.1) is 22.3 Å². The number of hydrogen-bond acceptors (Lipinski definition) is 2. The summed E-state index contributed by atoms with van der Waals surface area (Å²) in [6.45, 7) is 5.04. The van der Waals surface area contributed by atoms with Gasteiger partial charge in [0, 0.05) is 5.69 Å². The van der Waals surface area contributed by atoms with Crippen molar-refractivity contribution in [3.63, 3.8) is 0 Å². The Morgan fingerprint density at radius 1 is 1.05 bits per heavy atom. The highest BCUT2D eigenvalue weighted by Crippen LogP contribution is 2.36. The summed E-state index contributed by atoms with van der Waals surface area (Å²) in [5.41, 5.74) is 1.87. The summed E-state index contributed by atoms with van der Waals surface area (Å²) in [7, 11) is 0. The van der Waals surface area contributed by atoms with Crippen LogP contribution in [0, 0.1) is 20.8 Å². The van der Waals surface area contributed by atoms with Gasteiger partial charge in [-0.2, -0.15) is 18.3 Å². The van der Waals surface area contributed by atoms with Gasteiger partial charge in [0.25, 0.3) is 0 Å². The van der Waals surface area contributed by atoms with Crippen LogP contribution in [0.1, 0.15) is 22.5 Å². The van der Waals surface area contributed by atoms with Crippen molar-refractivity contribution in [1.29, 1.82) is 0 Å². The monoisotopic (exact) mass is 305 g/mol. The maximum Gasteiger partial charge on any atom is 0.417 e. The molecule has 3 nitrogen and oxygen atoms in total. The maximum absolute atomic E-state index is 13.3. The van der Waals surface area contributed by atoms with Crippen LogP contribution in [0.2, 0.25) is 0 Å². The zero-order chi connectivity index (χ0) is 16.1. The van der Waals surface area contributed by atoms with E-state index in [1.165, 1.54) is 4.68 Å². The van der Waals surface area contributed by atoms with Gasteiger partial charge in [-0.05, 0) is 44.5 Å². The van der Waals surface area contributed by atoms with Crippen molar-refractivity contribution >= 4 is 11.0 Å². The van der Waals surface area contributed by atoms with Crippen LogP contribution in [-0.2, 0) is 6.18 Å². The van der Waals surface area contributed by atoms with E-state index in [0.717, 1.165) is 11.6 Å². The van der Waals surface area contributed by atoms with Crippen LogP contribution in [-0.4, -0.2) is 14.8 Å². The van der Waals surface area contributed by atoms with E-state index in [2.05, 4.69) is 10.1 Å². The molecule has 0 aliphatic rings. The van der Waals surface area contributed by atoms with Gasteiger partial charge in [0.15, 0.2) is 5.65 Å². The lowest BCUT2D eigenvalue weighted by Gasteiger charge is -2.10. The molecule has 0 amide bonds. The largest absolute Gasteiger partial charge is 0.417 e. The van der Waals surface area contributed by atoms with E-state index in [1.54, 1.807) is 19.9 Å². The molecule has 0 unspecified atom stereocenters. The summed E-state index contributed by atoms with van der Waals surface area (Å²) in [6.07, 6.45) is -4.43. The predicted molar refractivity (Wildman–Crippen MR) is 78.1 cm³/mol. The number of nitrogens with zero attached hydrogens (tertiary/aromatic N) is 3. The zero-order valence-corrected chi connectivity index (χ0v) is 12.4. The fraction of sp³-hybridized carbons (Fsp3) is 0.250. The summed E-state index contributed by atoms with van der Waals surface area (Å²) in [5, 5.41) is 4.33. The van der Waals surface area contributed by atoms with Crippen LogP contribution in [0.15, 0.2) is 30.3 Å². The van der Waals surface area contributed by atoms with Gasteiger partial charge in [-0.25, -0.2) is 9.67 Å². The van der Waals surface area contributed by atoms with E-state index < -0.39 is 11.7 Å². The van der Waals surface area contributed by atoms with Gasteiger partial charge >= 0.3 is 6.18 Å². The van der Waals surface area contributed by atoms with Crippen LogP contribution in [0.5, 0.6) is 0 Å². The Hall–Kier alpha value is -2.37. The quantitative estimate of drug-likeness (QED) is 0.668. The first-order chi connectivity index (χ1) is 10.3. The Morgan fingerprint density at radius 2 is 1.77 bits per heavy atom. The Balaban J connectivity index is 2.38. The Morgan fingerprint density at radius 3 is 2.41 bits per heavy atom. The predicted octanol–water partition coefficient (Wildman–Crippen LogP) is 4.36. The highest BCUT2D eigenvalue weighted by Gasteiger charge is 2.35. The number of aryl methyl sites for hydroxylation is 3. The van der Waals surface area contributed by atoms with Crippen molar-refractivity contribution in [3.05, 3.63) is 52.8 Å². The lowest BCUT2D eigenvalue weighted by Crippen LogP contribution is -2.08.